The lowest BCUT2D eigenvalue weighted by Crippen LogP contribution is -2.30. The molecule has 2 aromatic rings. The Balaban J connectivity index is 2.26. The number of hydrogen-bond acceptors (Lipinski definition) is 3. The van der Waals surface area contributed by atoms with Crippen LogP contribution in [0.15, 0.2) is 12.3 Å². The van der Waals surface area contributed by atoms with Crippen LogP contribution in [0.4, 0.5) is 0 Å². The van der Waals surface area contributed by atoms with Gasteiger partial charge < -0.3 is 10.3 Å². The molecule has 2 heterocycles. The lowest BCUT2D eigenvalue weighted by Gasteiger charge is -2.08. The van der Waals surface area contributed by atoms with E-state index >= 15 is 0 Å². The van der Waals surface area contributed by atoms with Crippen LogP contribution in [0.3, 0.4) is 0 Å². The molecular weight excluding hydrogens is 260 g/mol. The first-order valence-electron chi connectivity index (χ1n) is 6.30. The molecule has 102 valence electrons. The molecule has 0 aliphatic carbocycles. The van der Waals surface area contributed by atoms with Crippen LogP contribution >= 0.6 is 12.2 Å². The summed E-state index contributed by atoms with van der Waals surface area (Å²) in [5.74, 6) is 0.384. The fourth-order valence-electron chi connectivity index (χ4n) is 1.84. The Morgan fingerprint density at radius 2 is 2.32 bits per heavy atom. The van der Waals surface area contributed by atoms with Gasteiger partial charge in [-0.2, -0.15) is 0 Å². The van der Waals surface area contributed by atoms with Crippen molar-refractivity contribution in [1.29, 1.82) is 0 Å². The highest BCUT2D eigenvalue weighted by molar-refractivity contribution is 7.71. The quantitative estimate of drug-likeness (QED) is 0.843. The van der Waals surface area contributed by atoms with Crippen LogP contribution in [0, 0.1) is 17.6 Å². The zero-order chi connectivity index (χ0) is 14.0. The highest BCUT2D eigenvalue weighted by Gasteiger charge is 2.11. The molecule has 19 heavy (non-hydrogen) atoms. The second-order valence-electron chi connectivity index (χ2n) is 5.04. The Morgan fingerprint density at radius 3 is 3.00 bits per heavy atom. The van der Waals surface area contributed by atoms with E-state index in [1.807, 2.05) is 13.0 Å². The molecule has 0 aliphatic heterocycles. The summed E-state index contributed by atoms with van der Waals surface area (Å²) in [6, 6.07) is 1.91. The lowest BCUT2D eigenvalue weighted by molar-refractivity contribution is -0.121. The van der Waals surface area contributed by atoms with E-state index in [0.717, 1.165) is 16.7 Å². The number of carbonyl (C=O) groups is 1. The molecule has 2 rings (SSSR count). The molecule has 0 radical (unpaired) electrons. The number of carbonyl (C=O) groups excluding carboxylic acids is 1. The van der Waals surface area contributed by atoms with E-state index in [1.54, 1.807) is 10.8 Å². The molecular formula is C13H18N4OS. The van der Waals surface area contributed by atoms with Crippen molar-refractivity contribution in [3.8, 4) is 0 Å². The normalized spacial score (nSPS) is 11.2. The number of aryl methyl sites for hydroxylation is 1. The lowest BCUT2D eigenvalue weighted by atomic mass is 10.2. The first-order chi connectivity index (χ1) is 8.99. The number of nitrogens with zero attached hydrogens (tertiary/aromatic N) is 2. The van der Waals surface area contributed by atoms with E-state index in [0.29, 0.717) is 17.2 Å². The number of aromatic amines is 1. The maximum absolute atomic E-state index is 11.9. The van der Waals surface area contributed by atoms with Crippen LogP contribution < -0.4 is 5.32 Å². The number of hydrogen-bond donors (Lipinski definition) is 2. The third-order valence-corrected chi connectivity index (χ3v) is 3.20. The molecule has 2 N–H and O–H groups in total. The Morgan fingerprint density at radius 1 is 1.58 bits per heavy atom. The molecule has 0 saturated carbocycles. The summed E-state index contributed by atoms with van der Waals surface area (Å²) in [6.07, 6.45) is 1.73. The predicted molar refractivity (Wildman–Crippen MR) is 77.5 cm³/mol. The van der Waals surface area contributed by atoms with Gasteiger partial charge in [0, 0.05) is 12.7 Å². The fourth-order valence-corrected chi connectivity index (χ4v) is 2.09. The van der Waals surface area contributed by atoms with Crippen LogP contribution in [0.5, 0.6) is 0 Å². The van der Waals surface area contributed by atoms with Gasteiger partial charge in [-0.3, -0.25) is 9.36 Å². The number of imidazole rings is 1. The number of pyridine rings is 1. The van der Waals surface area contributed by atoms with Gasteiger partial charge in [-0.1, -0.05) is 13.8 Å². The third kappa shape index (κ3) is 3.01. The SMILES string of the molecule is Cc1ccnc2c1[nH]c(=S)n2CC(=O)NCC(C)C. The van der Waals surface area contributed by atoms with Crippen molar-refractivity contribution in [2.24, 2.45) is 5.92 Å². The maximum Gasteiger partial charge on any atom is 0.240 e. The molecule has 0 bridgehead atoms. The number of H-pyrrole nitrogens is 1. The van der Waals surface area contributed by atoms with E-state index in [-0.39, 0.29) is 12.5 Å². The van der Waals surface area contributed by atoms with Crippen molar-refractivity contribution < 1.29 is 4.79 Å². The molecule has 0 spiro atoms. The monoisotopic (exact) mass is 278 g/mol. The van der Waals surface area contributed by atoms with E-state index in [9.17, 15) is 4.79 Å². The average molecular weight is 278 g/mol. The molecule has 0 fully saturated rings. The molecule has 0 unspecified atom stereocenters. The zero-order valence-electron chi connectivity index (χ0n) is 11.4. The van der Waals surface area contributed by atoms with E-state index in [4.69, 9.17) is 12.2 Å². The number of aromatic nitrogens is 3. The second kappa shape index (κ2) is 5.52. The fraction of sp³-hybridized carbons (Fsp3) is 0.462. The summed E-state index contributed by atoms with van der Waals surface area (Å²) in [5, 5.41) is 2.88. The summed E-state index contributed by atoms with van der Waals surface area (Å²) < 4.78 is 2.25. The summed E-state index contributed by atoms with van der Waals surface area (Å²) >= 11 is 5.25. The third-order valence-electron chi connectivity index (χ3n) is 2.88. The van der Waals surface area contributed by atoms with Gasteiger partial charge in [0.1, 0.15) is 6.54 Å². The van der Waals surface area contributed by atoms with Crippen molar-refractivity contribution in [2.75, 3.05) is 6.54 Å². The summed E-state index contributed by atoms with van der Waals surface area (Å²) in [4.78, 5) is 19.3. The Bertz CT molecular complexity index is 656. The minimum Gasteiger partial charge on any atom is -0.354 e. The van der Waals surface area contributed by atoms with Crippen LogP contribution in [0.2, 0.25) is 0 Å². The van der Waals surface area contributed by atoms with Crippen molar-refractivity contribution >= 4 is 29.3 Å². The van der Waals surface area contributed by atoms with Gasteiger partial charge >= 0.3 is 0 Å². The molecule has 2 aromatic heterocycles. The Hall–Kier alpha value is -1.69. The van der Waals surface area contributed by atoms with Gasteiger partial charge in [-0.25, -0.2) is 4.98 Å². The molecule has 0 aromatic carbocycles. The van der Waals surface area contributed by atoms with Crippen LogP contribution in [0.1, 0.15) is 19.4 Å². The van der Waals surface area contributed by atoms with E-state index in [2.05, 4.69) is 29.1 Å². The summed E-state index contributed by atoms with van der Waals surface area (Å²) in [6.45, 7) is 6.96. The predicted octanol–water partition coefficient (Wildman–Crippen LogP) is 2.17. The standard InChI is InChI=1S/C13H18N4OS/c1-8(2)6-15-10(18)7-17-12-11(16-13(17)19)9(3)4-5-14-12/h4-5,8H,6-7H2,1-3H3,(H,15,18)(H,16,19). The van der Waals surface area contributed by atoms with Crippen LogP contribution in [-0.2, 0) is 11.3 Å². The average Bonchev–Trinajstić information content (AvgIpc) is 2.66. The summed E-state index contributed by atoms with van der Waals surface area (Å²) in [5.41, 5.74) is 2.69. The van der Waals surface area contributed by atoms with E-state index in [1.165, 1.54) is 0 Å². The molecule has 5 nitrogen and oxygen atoms in total. The highest BCUT2D eigenvalue weighted by atomic mass is 32.1. The largest absolute Gasteiger partial charge is 0.354 e. The van der Waals surface area contributed by atoms with Crippen molar-refractivity contribution in [2.45, 2.75) is 27.3 Å². The number of rotatable bonds is 4. The Kier molecular flexibility index (Phi) is 3.99. The van der Waals surface area contributed by atoms with Gasteiger partial charge in [-0.15, -0.1) is 0 Å². The maximum atomic E-state index is 11.9. The van der Waals surface area contributed by atoms with Gasteiger partial charge in [0.2, 0.25) is 5.91 Å². The molecule has 0 aliphatic rings. The van der Waals surface area contributed by atoms with Gasteiger partial charge in [0.15, 0.2) is 10.4 Å². The van der Waals surface area contributed by atoms with E-state index < -0.39 is 0 Å². The minimum absolute atomic E-state index is 0.0472. The minimum atomic E-state index is -0.0472. The Labute approximate surface area is 117 Å². The second-order valence-corrected chi connectivity index (χ2v) is 5.43. The molecule has 0 atom stereocenters. The van der Waals surface area contributed by atoms with Crippen molar-refractivity contribution in [3.63, 3.8) is 0 Å². The van der Waals surface area contributed by atoms with Crippen LogP contribution in [0.25, 0.3) is 11.2 Å². The molecule has 1 amide bonds. The molecule has 6 heteroatoms. The first kappa shape index (κ1) is 13.7. The highest BCUT2D eigenvalue weighted by Crippen LogP contribution is 2.14. The van der Waals surface area contributed by atoms with Gasteiger partial charge in [0.25, 0.3) is 0 Å². The van der Waals surface area contributed by atoms with Crippen molar-refractivity contribution in [3.05, 3.63) is 22.6 Å². The van der Waals surface area contributed by atoms with Gasteiger partial charge in [-0.05, 0) is 36.7 Å². The van der Waals surface area contributed by atoms with Crippen molar-refractivity contribution in [1.82, 2.24) is 19.9 Å². The van der Waals surface area contributed by atoms with Gasteiger partial charge in [0.05, 0.1) is 5.52 Å². The topological polar surface area (TPSA) is 62.7 Å². The zero-order valence-corrected chi connectivity index (χ0v) is 12.2. The summed E-state index contributed by atoms with van der Waals surface area (Å²) in [7, 11) is 0. The number of amides is 1. The number of nitrogens with one attached hydrogen (secondary N) is 2. The molecule has 0 saturated heterocycles. The first-order valence-corrected chi connectivity index (χ1v) is 6.70. The van der Waals surface area contributed by atoms with Crippen LogP contribution in [-0.4, -0.2) is 27.0 Å². The number of fused-ring (bicyclic) bond motifs is 1. The smallest absolute Gasteiger partial charge is 0.240 e.